The number of hydrogen-bond donors (Lipinski definition) is 1. The lowest BCUT2D eigenvalue weighted by atomic mass is 9.51. The molecule has 4 aliphatic rings. The van der Waals surface area contributed by atoms with Crippen molar-refractivity contribution >= 4 is 5.88 Å². The lowest BCUT2D eigenvalue weighted by Crippen LogP contribution is -2.44. The van der Waals surface area contributed by atoms with Gasteiger partial charge in [-0.3, -0.25) is 0 Å². The second-order valence-corrected chi connectivity index (χ2v) is 6.38. The maximum Gasteiger partial charge on any atom is 0.240 e. The van der Waals surface area contributed by atoms with Crippen LogP contribution in [0.25, 0.3) is 0 Å². The molecule has 4 aliphatic carbocycles. The highest BCUT2D eigenvalue weighted by Gasteiger charge is 2.50. The summed E-state index contributed by atoms with van der Waals surface area (Å²) in [5.74, 6) is 3.89. The molecule has 0 radical (unpaired) electrons. The maximum absolute atomic E-state index is 9.21. The predicted octanol–water partition coefficient (Wildman–Crippen LogP) is 2.67. The van der Waals surface area contributed by atoms with Gasteiger partial charge >= 0.3 is 0 Å². The fourth-order valence-electron chi connectivity index (χ4n) is 5.03. The third kappa shape index (κ3) is 1.28. The van der Waals surface area contributed by atoms with E-state index in [1.165, 1.54) is 32.1 Å². The van der Waals surface area contributed by atoms with Crippen LogP contribution in [0.15, 0.2) is 4.52 Å². The third-order valence-corrected chi connectivity index (χ3v) is 5.40. The Labute approximate surface area is 106 Å². The molecule has 4 nitrogen and oxygen atoms in total. The van der Waals surface area contributed by atoms with Crippen LogP contribution in [0, 0.1) is 35.0 Å². The molecule has 4 fully saturated rings. The molecule has 4 heteroatoms. The van der Waals surface area contributed by atoms with Crippen molar-refractivity contribution in [2.24, 2.45) is 23.7 Å². The van der Waals surface area contributed by atoms with Crippen molar-refractivity contribution in [3.05, 3.63) is 11.3 Å². The summed E-state index contributed by atoms with van der Waals surface area (Å²) in [6.45, 7) is 0. The van der Waals surface area contributed by atoms with E-state index in [-0.39, 0.29) is 5.88 Å². The zero-order valence-corrected chi connectivity index (χ0v) is 10.3. The minimum Gasteiger partial charge on any atom is -0.366 e. The van der Waals surface area contributed by atoms with Crippen molar-refractivity contribution in [1.82, 2.24) is 5.16 Å². The van der Waals surface area contributed by atoms with Crippen molar-refractivity contribution in [2.75, 3.05) is 5.73 Å². The maximum atomic E-state index is 9.21. The minimum atomic E-state index is 0.196. The van der Waals surface area contributed by atoms with Crippen LogP contribution in [0.5, 0.6) is 0 Å². The molecule has 0 atom stereocenters. The largest absolute Gasteiger partial charge is 0.366 e. The van der Waals surface area contributed by atoms with Crippen molar-refractivity contribution < 1.29 is 4.52 Å². The molecule has 18 heavy (non-hydrogen) atoms. The van der Waals surface area contributed by atoms with Crippen LogP contribution in [0.1, 0.15) is 49.3 Å². The first-order valence-electron chi connectivity index (χ1n) is 6.91. The first-order chi connectivity index (χ1) is 8.76. The van der Waals surface area contributed by atoms with Gasteiger partial charge in [-0.05, 0) is 55.8 Å². The van der Waals surface area contributed by atoms with E-state index in [1.807, 2.05) is 0 Å². The average Bonchev–Trinajstić information content (AvgIpc) is 2.69. The molecule has 0 aliphatic heterocycles. The molecule has 2 N–H and O–H groups in total. The number of nitrogens with two attached hydrogens (primary N) is 1. The smallest absolute Gasteiger partial charge is 0.240 e. The Hall–Kier alpha value is -1.50. The number of anilines is 1. The van der Waals surface area contributed by atoms with E-state index in [0.717, 1.165) is 17.5 Å². The van der Waals surface area contributed by atoms with E-state index >= 15 is 0 Å². The van der Waals surface area contributed by atoms with Gasteiger partial charge in [-0.2, -0.15) is 5.26 Å². The summed E-state index contributed by atoms with van der Waals surface area (Å²) >= 11 is 0. The summed E-state index contributed by atoms with van der Waals surface area (Å²) in [6, 6.07) is 2.17. The number of nitriles is 1. The number of rotatable bonds is 1. The molecule has 0 saturated heterocycles. The van der Waals surface area contributed by atoms with E-state index in [2.05, 4.69) is 11.2 Å². The molecule has 4 saturated carbocycles. The minimum absolute atomic E-state index is 0.196. The molecule has 94 valence electrons. The zero-order valence-electron chi connectivity index (χ0n) is 10.3. The molecule has 0 amide bonds. The van der Waals surface area contributed by atoms with Gasteiger partial charge in [-0.15, -0.1) is 0 Å². The van der Waals surface area contributed by atoms with Gasteiger partial charge in [0.15, 0.2) is 0 Å². The third-order valence-electron chi connectivity index (χ3n) is 5.40. The highest BCUT2D eigenvalue weighted by molar-refractivity contribution is 5.50. The first-order valence-corrected chi connectivity index (χ1v) is 6.91. The molecule has 0 aromatic carbocycles. The normalized spacial score (nSPS) is 40.9. The first kappa shape index (κ1) is 10.4. The van der Waals surface area contributed by atoms with Crippen molar-refractivity contribution in [3.63, 3.8) is 0 Å². The molecule has 1 aromatic heterocycles. The van der Waals surface area contributed by atoms with E-state index < -0.39 is 0 Å². The lowest BCUT2D eigenvalue weighted by Gasteiger charge is -2.53. The van der Waals surface area contributed by atoms with Gasteiger partial charge in [0.25, 0.3) is 0 Å². The topological polar surface area (TPSA) is 75.8 Å². The summed E-state index contributed by atoms with van der Waals surface area (Å²) in [6.07, 6.45) is 6.70. The predicted molar refractivity (Wildman–Crippen MR) is 65.4 cm³/mol. The van der Waals surface area contributed by atoms with Crippen LogP contribution in [-0.4, -0.2) is 5.16 Å². The SMILES string of the molecule is N#Cc1c(C2C3CC4CC(C3)CC2C4)noc1N. The summed E-state index contributed by atoms with van der Waals surface area (Å²) < 4.78 is 5.05. The number of aromatic nitrogens is 1. The highest BCUT2D eigenvalue weighted by Crippen LogP contribution is 2.60. The van der Waals surface area contributed by atoms with Crippen molar-refractivity contribution in [1.29, 1.82) is 5.26 Å². The molecule has 0 unspecified atom stereocenters. The second kappa shape index (κ2) is 3.50. The van der Waals surface area contributed by atoms with Gasteiger partial charge in [-0.25, -0.2) is 0 Å². The van der Waals surface area contributed by atoms with Gasteiger partial charge < -0.3 is 10.3 Å². The Balaban J connectivity index is 1.75. The molecule has 5 rings (SSSR count). The molecule has 0 spiro atoms. The molecular formula is C14H17N3O. The van der Waals surface area contributed by atoms with Crippen LogP contribution in [0.3, 0.4) is 0 Å². The fraction of sp³-hybridized carbons (Fsp3) is 0.714. The van der Waals surface area contributed by atoms with Gasteiger partial charge in [-0.1, -0.05) is 5.16 Å². The number of nitrogens with zero attached hydrogens (tertiary/aromatic N) is 2. The van der Waals surface area contributed by atoms with E-state index in [4.69, 9.17) is 10.3 Å². The summed E-state index contributed by atoms with van der Waals surface area (Å²) in [5.41, 5.74) is 7.04. The zero-order chi connectivity index (χ0) is 12.3. The lowest BCUT2D eigenvalue weighted by molar-refractivity contribution is -0.00511. The van der Waals surface area contributed by atoms with Gasteiger partial charge in [0.2, 0.25) is 5.88 Å². The molecular weight excluding hydrogens is 226 g/mol. The Bertz CT molecular complexity index is 500. The van der Waals surface area contributed by atoms with Crippen LogP contribution < -0.4 is 5.73 Å². The number of hydrogen-bond acceptors (Lipinski definition) is 4. The Morgan fingerprint density at radius 2 is 1.72 bits per heavy atom. The van der Waals surface area contributed by atoms with E-state index in [1.54, 1.807) is 0 Å². The summed E-state index contributed by atoms with van der Waals surface area (Å²) in [4.78, 5) is 0. The molecule has 4 bridgehead atoms. The Morgan fingerprint density at radius 3 is 2.28 bits per heavy atom. The summed E-state index contributed by atoms with van der Waals surface area (Å²) in [5, 5.41) is 13.3. The van der Waals surface area contributed by atoms with E-state index in [9.17, 15) is 5.26 Å². The van der Waals surface area contributed by atoms with Gasteiger partial charge in [0.05, 0.1) is 0 Å². The highest BCUT2D eigenvalue weighted by atomic mass is 16.5. The number of nitrogen functional groups attached to an aromatic ring is 1. The van der Waals surface area contributed by atoms with Crippen LogP contribution in [0.4, 0.5) is 5.88 Å². The van der Waals surface area contributed by atoms with Crippen molar-refractivity contribution in [2.45, 2.75) is 38.0 Å². The molecule has 1 heterocycles. The standard InChI is InChI=1S/C14H17N3O/c15-6-11-13(17-18-14(11)16)12-9-2-7-1-8(4-9)5-10(12)3-7/h7-10,12H,1-5,16H2. The van der Waals surface area contributed by atoms with Gasteiger partial charge in [0.1, 0.15) is 17.3 Å². The molecule has 1 aromatic rings. The fourth-order valence-corrected chi connectivity index (χ4v) is 5.03. The Kier molecular flexibility index (Phi) is 2.03. The second-order valence-electron chi connectivity index (χ2n) is 6.38. The average molecular weight is 243 g/mol. The van der Waals surface area contributed by atoms with E-state index in [0.29, 0.717) is 23.3 Å². The summed E-state index contributed by atoms with van der Waals surface area (Å²) in [7, 11) is 0. The quantitative estimate of drug-likeness (QED) is 0.822. The monoisotopic (exact) mass is 243 g/mol. The van der Waals surface area contributed by atoms with Crippen molar-refractivity contribution in [3.8, 4) is 6.07 Å². The van der Waals surface area contributed by atoms with Crippen LogP contribution in [-0.2, 0) is 0 Å². The Morgan fingerprint density at radius 1 is 1.11 bits per heavy atom. The van der Waals surface area contributed by atoms with Gasteiger partial charge in [0, 0.05) is 5.92 Å². The van der Waals surface area contributed by atoms with Crippen LogP contribution in [0.2, 0.25) is 0 Å². The van der Waals surface area contributed by atoms with Crippen LogP contribution >= 0.6 is 0 Å².